The molecule has 3 heteroatoms. The number of nitrogens with two attached hydrogens (primary N) is 1. The van der Waals surface area contributed by atoms with Gasteiger partial charge in [0.15, 0.2) is 0 Å². The maximum Gasteiger partial charge on any atom is 0.0722 e. The molecule has 0 saturated heterocycles. The molecule has 84 valence electrons. The van der Waals surface area contributed by atoms with Crippen LogP contribution in [0.5, 0.6) is 0 Å². The van der Waals surface area contributed by atoms with E-state index in [-0.39, 0.29) is 0 Å². The second-order valence-electron chi connectivity index (χ2n) is 4.10. The molecule has 16 heavy (non-hydrogen) atoms. The molecule has 0 radical (unpaired) electrons. The molecule has 0 aliphatic carbocycles. The van der Waals surface area contributed by atoms with Gasteiger partial charge < -0.3 is 11.1 Å². The predicted octanol–water partition coefficient (Wildman–Crippen LogP) is 2.24. The molecule has 0 aliphatic rings. The van der Waals surface area contributed by atoms with Gasteiger partial charge in [-0.05, 0) is 24.6 Å². The van der Waals surface area contributed by atoms with Crippen molar-refractivity contribution < 1.29 is 0 Å². The fourth-order valence-electron chi connectivity index (χ4n) is 1.62. The van der Waals surface area contributed by atoms with Gasteiger partial charge in [-0.15, -0.1) is 0 Å². The number of rotatable bonds is 4. The molecule has 1 atom stereocenters. The second kappa shape index (κ2) is 4.94. The Hall–Kier alpha value is -1.61. The first-order valence-corrected chi connectivity index (χ1v) is 5.59. The molecule has 3 N–H and O–H groups in total. The van der Waals surface area contributed by atoms with Gasteiger partial charge in [-0.2, -0.15) is 0 Å². The van der Waals surface area contributed by atoms with Crippen LogP contribution >= 0.6 is 0 Å². The van der Waals surface area contributed by atoms with Gasteiger partial charge in [0.05, 0.1) is 5.52 Å². The van der Waals surface area contributed by atoms with Gasteiger partial charge in [-0.1, -0.05) is 25.1 Å². The Kier molecular flexibility index (Phi) is 3.37. The molecule has 1 aromatic carbocycles. The van der Waals surface area contributed by atoms with E-state index in [0.717, 1.165) is 23.1 Å². The number of fused-ring (bicyclic) bond motifs is 1. The van der Waals surface area contributed by atoms with Gasteiger partial charge in [0, 0.05) is 23.8 Å². The molecule has 0 fully saturated rings. The fraction of sp³-hybridized carbons (Fsp3) is 0.308. The quantitative estimate of drug-likeness (QED) is 0.822. The minimum Gasteiger partial charge on any atom is -0.384 e. The highest BCUT2D eigenvalue weighted by molar-refractivity contribution is 5.90. The number of hydrogen-bond donors (Lipinski definition) is 2. The van der Waals surface area contributed by atoms with Gasteiger partial charge in [-0.3, -0.25) is 4.98 Å². The molecule has 0 spiro atoms. The van der Waals surface area contributed by atoms with Crippen LogP contribution in [0, 0.1) is 5.92 Å². The third-order valence-electron chi connectivity index (χ3n) is 2.69. The van der Waals surface area contributed by atoms with E-state index in [0.29, 0.717) is 12.5 Å². The van der Waals surface area contributed by atoms with Crippen LogP contribution in [0.1, 0.15) is 6.92 Å². The van der Waals surface area contributed by atoms with Crippen molar-refractivity contribution in [2.24, 2.45) is 11.7 Å². The molecule has 0 aliphatic heterocycles. The van der Waals surface area contributed by atoms with E-state index in [1.165, 1.54) is 0 Å². The van der Waals surface area contributed by atoms with Gasteiger partial charge in [-0.25, -0.2) is 0 Å². The van der Waals surface area contributed by atoms with Crippen molar-refractivity contribution in [1.29, 1.82) is 0 Å². The van der Waals surface area contributed by atoms with Crippen LogP contribution in [0.2, 0.25) is 0 Å². The topological polar surface area (TPSA) is 50.9 Å². The van der Waals surface area contributed by atoms with E-state index in [2.05, 4.69) is 23.3 Å². The van der Waals surface area contributed by atoms with E-state index in [1.807, 2.05) is 30.5 Å². The molecular formula is C13H17N3. The summed E-state index contributed by atoms with van der Waals surface area (Å²) in [6, 6.07) is 10.1. The van der Waals surface area contributed by atoms with Crippen LogP contribution in [0.15, 0.2) is 36.5 Å². The Morgan fingerprint density at radius 3 is 2.94 bits per heavy atom. The van der Waals surface area contributed by atoms with Crippen molar-refractivity contribution in [2.75, 3.05) is 18.4 Å². The maximum atomic E-state index is 5.60. The van der Waals surface area contributed by atoms with E-state index in [1.54, 1.807) is 0 Å². The van der Waals surface area contributed by atoms with Crippen molar-refractivity contribution in [1.82, 2.24) is 4.98 Å². The Labute approximate surface area is 95.7 Å². The third-order valence-corrected chi connectivity index (χ3v) is 2.69. The lowest BCUT2D eigenvalue weighted by molar-refractivity contribution is 0.628. The van der Waals surface area contributed by atoms with Crippen LogP contribution in [0.3, 0.4) is 0 Å². The average Bonchev–Trinajstić information content (AvgIpc) is 2.35. The van der Waals surface area contributed by atoms with E-state index >= 15 is 0 Å². The third kappa shape index (κ3) is 2.31. The van der Waals surface area contributed by atoms with Gasteiger partial charge in [0.2, 0.25) is 0 Å². The summed E-state index contributed by atoms with van der Waals surface area (Å²) in [6.45, 7) is 3.73. The fourth-order valence-corrected chi connectivity index (χ4v) is 1.62. The molecule has 0 amide bonds. The Bertz CT molecular complexity index is 462. The summed E-state index contributed by atoms with van der Waals surface area (Å²) in [5, 5.41) is 4.58. The van der Waals surface area contributed by atoms with Crippen LogP contribution in [-0.4, -0.2) is 18.1 Å². The summed E-state index contributed by atoms with van der Waals surface area (Å²) < 4.78 is 0. The summed E-state index contributed by atoms with van der Waals surface area (Å²) >= 11 is 0. The smallest absolute Gasteiger partial charge is 0.0722 e. The van der Waals surface area contributed by atoms with Crippen molar-refractivity contribution in [3.63, 3.8) is 0 Å². The van der Waals surface area contributed by atoms with Crippen LogP contribution in [-0.2, 0) is 0 Å². The lowest BCUT2D eigenvalue weighted by Crippen LogP contribution is -2.19. The molecule has 2 aromatic rings. The number of para-hydroxylation sites is 1. The summed E-state index contributed by atoms with van der Waals surface area (Å²) in [5.74, 6) is 0.479. The second-order valence-corrected chi connectivity index (χ2v) is 4.10. The number of anilines is 1. The number of nitrogens with one attached hydrogen (secondary N) is 1. The van der Waals surface area contributed by atoms with E-state index < -0.39 is 0 Å². The summed E-state index contributed by atoms with van der Waals surface area (Å²) in [7, 11) is 0. The molecule has 2 rings (SSSR count). The molecule has 3 nitrogen and oxygen atoms in total. The first kappa shape index (κ1) is 10.9. The summed E-state index contributed by atoms with van der Waals surface area (Å²) in [5.41, 5.74) is 7.75. The zero-order chi connectivity index (χ0) is 11.4. The Morgan fingerprint density at radius 2 is 2.12 bits per heavy atom. The number of aromatic nitrogens is 1. The highest BCUT2D eigenvalue weighted by Gasteiger charge is 2.02. The van der Waals surface area contributed by atoms with Crippen LogP contribution < -0.4 is 11.1 Å². The Balaban J connectivity index is 2.23. The monoisotopic (exact) mass is 215 g/mol. The highest BCUT2D eigenvalue weighted by atomic mass is 14.9. The number of benzene rings is 1. The number of nitrogens with zero attached hydrogens (tertiary/aromatic N) is 1. The lowest BCUT2D eigenvalue weighted by atomic mass is 10.1. The van der Waals surface area contributed by atoms with Crippen molar-refractivity contribution in [3.05, 3.63) is 36.5 Å². The zero-order valence-corrected chi connectivity index (χ0v) is 9.48. The summed E-state index contributed by atoms with van der Waals surface area (Å²) in [4.78, 5) is 4.32. The molecule has 0 saturated carbocycles. The zero-order valence-electron chi connectivity index (χ0n) is 9.48. The van der Waals surface area contributed by atoms with Crippen molar-refractivity contribution >= 4 is 16.6 Å². The first-order chi connectivity index (χ1) is 7.81. The molecule has 1 unspecified atom stereocenters. The van der Waals surface area contributed by atoms with Gasteiger partial charge in [0.1, 0.15) is 0 Å². The lowest BCUT2D eigenvalue weighted by Gasteiger charge is -2.12. The minimum absolute atomic E-state index is 0.479. The van der Waals surface area contributed by atoms with E-state index in [9.17, 15) is 0 Å². The predicted molar refractivity (Wildman–Crippen MR) is 68.5 cm³/mol. The van der Waals surface area contributed by atoms with Crippen LogP contribution in [0.25, 0.3) is 10.9 Å². The Morgan fingerprint density at radius 1 is 1.31 bits per heavy atom. The van der Waals surface area contributed by atoms with E-state index in [4.69, 9.17) is 5.73 Å². The number of pyridine rings is 1. The molecule has 1 aromatic heterocycles. The van der Waals surface area contributed by atoms with Crippen molar-refractivity contribution in [3.8, 4) is 0 Å². The molecular weight excluding hydrogens is 198 g/mol. The first-order valence-electron chi connectivity index (χ1n) is 5.59. The maximum absolute atomic E-state index is 5.60. The summed E-state index contributed by atoms with van der Waals surface area (Å²) in [6.07, 6.45) is 1.83. The SMILES string of the molecule is CC(CN)CNc1ccnc2ccccc12. The minimum atomic E-state index is 0.479. The van der Waals surface area contributed by atoms with Crippen LogP contribution in [0.4, 0.5) is 5.69 Å². The van der Waals surface area contributed by atoms with Crippen molar-refractivity contribution in [2.45, 2.75) is 6.92 Å². The van der Waals surface area contributed by atoms with Gasteiger partial charge >= 0.3 is 0 Å². The number of hydrogen-bond acceptors (Lipinski definition) is 3. The standard InChI is InChI=1S/C13H17N3/c1-10(8-14)9-16-13-6-7-15-12-5-3-2-4-11(12)13/h2-7,10H,8-9,14H2,1H3,(H,15,16). The van der Waals surface area contributed by atoms with Gasteiger partial charge in [0.25, 0.3) is 0 Å². The average molecular weight is 215 g/mol. The largest absolute Gasteiger partial charge is 0.384 e. The molecule has 1 heterocycles. The molecule has 0 bridgehead atoms. The highest BCUT2D eigenvalue weighted by Crippen LogP contribution is 2.20. The normalized spacial score (nSPS) is 12.6.